The van der Waals surface area contributed by atoms with Crippen molar-refractivity contribution < 1.29 is 0 Å². The molecule has 0 aliphatic carbocycles. The Labute approximate surface area is 247 Å². The summed E-state index contributed by atoms with van der Waals surface area (Å²) in [7, 11) is 0. The molecule has 1 nitrogen and oxygen atoms in total. The van der Waals surface area contributed by atoms with Crippen LogP contribution in [0.2, 0.25) is 0 Å². The van der Waals surface area contributed by atoms with Gasteiger partial charge in [0.2, 0.25) is 0 Å². The van der Waals surface area contributed by atoms with Gasteiger partial charge in [0.05, 0.1) is 6.07 Å². The van der Waals surface area contributed by atoms with Gasteiger partial charge in [0.25, 0.3) is 0 Å². The largest absolute Gasteiger partial charge is 0.199 e. The van der Waals surface area contributed by atoms with Crippen molar-refractivity contribution in [1.29, 1.82) is 5.26 Å². The van der Waals surface area contributed by atoms with E-state index in [4.69, 9.17) is 5.26 Å². The van der Waals surface area contributed by atoms with Gasteiger partial charge in [-0.1, -0.05) is 146 Å². The van der Waals surface area contributed by atoms with Crippen LogP contribution in [0, 0.1) is 11.3 Å². The van der Waals surface area contributed by atoms with E-state index in [0.29, 0.717) is 0 Å². The molecule has 0 saturated heterocycles. The van der Waals surface area contributed by atoms with Crippen molar-refractivity contribution in [1.82, 2.24) is 0 Å². The van der Waals surface area contributed by atoms with Crippen LogP contribution in [0.25, 0.3) is 70.9 Å². The maximum Gasteiger partial charge on any atom is 0.0587 e. The first-order chi connectivity index (χ1) is 20.7. The molecule has 42 heavy (non-hydrogen) atoms. The van der Waals surface area contributed by atoms with E-state index in [9.17, 15) is 0 Å². The van der Waals surface area contributed by atoms with Gasteiger partial charge in [0.1, 0.15) is 0 Å². The van der Waals surface area contributed by atoms with Crippen LogP contribution >= 0.6 is 0 Å². The molecule has 0 N–H and O–H groups in total. The van der Waals surface area contributed by atoms with Crippen molar-refractivity contribution in [3.05, 3.63) is 152 Å². The van der Waals surface area contributed by atoms with E-state index in [1.807, 2.05) is 6.08 Å². The molecule has 0 bridgehead atoms. The Balaban J connectivity index is 0.00000101. The van der Waals surface area contributed by atoms with Gasteiger partial charge < -0.3 is 0 Å². The smallest absolute Gasteiger partial charge is 0.0587 e. The van der Waals surface area contributed by atoms with Gasteiger partial charge in [-0.25, -0.2) is 0 Å². The van der Waals surface area contributed by atoms with Gasteiger partial charge in [-0.3, -0.25) is 0 Å². The molecule has 0 amide bonds. The number of benzene rings is 7. The lowest BCUT2D eigenvalue weighted by Crippen LogP contribution is -1.93. The van der Waals surface area contributed by atoms with E-state index in [0.717, 1.165) is 5.57 Å². The first kappa shape index (κ1) is 26.8. The van der Waals surface area contributed by atoms with Gasteiger partial charge in [-0.15, -0.1) is 0 Å². The lowest BCUT2D eigenvalue weighted by atomic mass is 9.83. The molecule has 0 fully saturated rings. The van der Waals surface area contributed by atoms with Gasteiger partial charge in [0, 0.05) is 6.92 Å². The van der Waals surface area contributed by atoms with Crippen LogP contribution in [-0.2, 0) is 0 Å². The lowest BCUT2D eigenvalue weighted by Gasteiger charge is -2.20. The predicted octanol–water partition coefficient (Wildman–Crippen LogP) is 11.8. The summed E-state index contributed by atoms with van der Waals surface area (Å²) in [6.45, 7) is 7.58. The quantitative estimate of drug-likeness (QED) is 0.162. The predicted molar refractivity (Wildman–Crippen MR) is 182 cm³/mol. The summed E-state index contributed by atoms with van der Waals surface area (Å²) in [4.78, 5) is 0. The standard InChI is InChI=1S/C39H28.C2H3N/c1-3-26(4-2)28-21-12-23-31-30(28)22-13-25-33(31)39-36-19-9-7-17-34(36)38(35-18-8-10-20-37(35)39)32-24-11-15-27-14-5-6-16-29(27)32;1-2-3/h3-25H,1H2,2H3;1H3/b26-4+;. The van der Waals surface area contributed by atoms with Gasteiger partial charge in [-0.05, 0) is 83.4 Å². The maximum atomic E-state index is 7.32. The minimum absolute atomic E-state index is 1.15. The number of rotatable bonds is 4. The average Bonchev–Trinajstić information content (AvgIpc) is 3.04. The molecule has 0 atom stereocenters. The molecule has 0 unspecified atom stereocenters. The molecule has 0 heterocycles. The highest BCUT2D eigenvalue weighted by atomic mass is 14.2. The van der Waals surface area contributed by atoms with Crippen molar-refractivity contribution >= 4 is 48.7 Å². The number of nitrogens with zero attached hydrogens (tertiary/aromatic N) is 1. The lowest BCUT2D eigenvalue weighted by molar-refractivity contribution is 1.49. The van der Waals surface area contributed by atoms with Crippen LogP contribution in [0.3, 0.4) is 0 Å². The zero-order valence-electron chi connectivity index (χ0n) is 23.9. The van der Waals surface area contributed by atoms with Crippen LogP contribution in [0.1, 0.15) is 19.4 Å². The van der Waals surface area contributed by atoms with Crippen molar-refractivity contribution in [3.8, 4) is 28.3 Å². The highest BCUT2D eigenvalue weighted by molar-refractivity contribution is 6.25. The van der Waals surface area contributed by atoms with E-state index in [-0.39, 0.29) is 0 Å². The SMILES string of the molecule is C=C/C(=C\C)c1cccc2c(-c3c4ccccc4c(-c4cccc5ccccc45)c4ccccc34)cccc12.CC#N. The van der Waals surface area contributed by atoms with E-state index < -0.39 is 0 Å². The third-order valence-corrected chi connectivity index (χ3v) is 8.02. The fraction of sp³-hybridized carbons (Fsp3) is 0.0488. The summed E-state index contributed by atoms with van der Waals surface area (Å²) in [5.41, 5.74) is 7.48. The Morgan fingerprint density at radius 1 is 0.548 bits per heavy atom. The average molecular weight is 538 g/mol. The molecule has 0 radical (unpaired) electrons. The first-order valence-electron chi connectivity index (χ1n) is 14.3. The van der Waals surface area contributed by atoms with Crippen molar-refractivity contribution in [2.24, 2.45) is 0 Å². The molecule has 0 aliphatic rings. The number of hydrogen-bond donors (Lipinski definition) is 0. The summed E-state index contributed by atoms with van der Waals surface area (Å²) in [5.74, 6) is 0. The molecule has 0 saturated carbocycles. The molecular formula is C41H31N. The molecule has 7 aromatic carbocycles. The first-order valence-corrected chi connectivity index (χ1v) is 14.3. The zero-order chi connectivity index (χ0) is 29.1. The van der Waals surface area contributed by atoms with Crippen molar-refractivity contribution in [2.75, 3.05) is 0 Å². The highest BCUT2D eigenvalue weighted by Gasteiger charge is 2.19. The molecule has 7 aromatic rings. The number of allylic oxidation sites excluding steroid dienone is 3. The maximum absolute atomic E-state index is 7.32. The zero-order valence-corrected chi connectivity index (χ0v) is 23.9. The fourth-order valence-electron chi connectivity index (χ4n) is 6.32. The highest BCUT2D eigenvalue weighted by Crippen LogP contribution is 2.46. The monoisotopic (exact) mass is 537 g/mol. The van der Waals surface area contributed by atoms with Crippen molar-refractivity contribution in [2.45, 2.75) is 13.8 Å². The molecule has 7 rings (SSSR count). The van der Waals surface area contributed by atoms with Gasteiger partial charge >= 0.3 is 0 Å². The summed E-state index contributed by atoms with van der Waals surface area (Å²) >= 11 is 0. The minimum atomic E-state index is 1.15. The minimum Gasteiger partial charge on any atom is -0.199 e. The van der Waals surface area contributed by atoms with E-state index >= 15 is 0 Å². The number of nitriles is 1. The van der Waals surface area contributed by atoms with E-state index in [1.165, 1.54) is 77.8 Å². The Bertz CT molecular complexity index is 2130. The molecule has 0 spiro atoms. The van der Waals surface area contributed by atoms with Crippen LogP contribution in [-0.4, -0.2) is 0 Å². The normalized spacial score (nSPS) is 11.3. The Morgan fingerprint density at radius 3 is 1.50 bits per heavy atom. The second kappa shape index (κ2) is 11.6. The second-order valence-electron chi connectivity index (χ2n) is 10.2. The number of fused-ring (bicyclic) bond motifs is 4. The molecule has 1 heteroatoms. The topological polar surface area (TPSA) is 23.8 Å². The van der Waals surface area contributed by atoms with Gasteiger partial charge in [0.15, 0.2) is 0 Å². The van der Waals surface area contributed by atoms with Crippen LogP contribution in [0.15, 0.2) is 146 Å². The summed E-state index contributed by atoms with van der Waals surface area (Å²) in [5, 5.41) is 17.4. The molecule has 200 valence electrons. The Morgan fingerprint density at radius 2 is 0.952 bits per heavy atom. The molecular weight excluding hydrogens is 506 g/mol. The van der Waals surface area contributed by atoms with Crippen LogP contribution in [0.4, 0.5) is 0 Å². The molecule has 0 aromatic heterocycles. The number of hydrogen-bond acceptors (Lipinski definition) is 1. The summed E-state index contributed by atoms with van der Waals surface area (Å²) in [6.07, 6.45) is 4.09. The third kappa shape index (κ3) is 4.44. The van der Waals surface area contributed by atoms with Gasteiger partial charge in [-0.2, -0.15) is 5.26 Å². The van der Waals surface area contributed by atoms with Crippen LogP contribution < -0.4 is 0 Å². The Hall–Kier alpha value is -5.45. The Kier molecular flexibility index (Phi) is 7.37. The summed E-state index contributed by atoms with van der Waals surface area (Å²) < 4.78 is 0. The second-order valence-corrected chi connectivity index (χ2v) is 10.2. The fourth-order valence-corrected chi connectivity index (χ4v) is 6.32. The van der Waals surface area contributed by atoms with Crippen molar-refractivity contribution in [3.63, 3.8) is 0 Å². The third-order valence-electron chi connectivity index (χ3n) is 8.02. The molecule has 0 aliphatic heterocycles. The summed E-state index contributed by atoms with van der Waals surface area (Å²) in [6, 6.07) is 48.2. The van der Waals surface area contributed by atoms with E-state index in [1.54, 1.807) is 6.07 Å². The van der Waals surface area contributed by atoms with Crippen LogP contribution in [0.5, 0.6) is 0 Å². The van der Waals surface area contributed by atoms with E-state index in [2.05, 4.69) is 147 Å².